The van der Waals surface area contributed by atoms with E-state index in [1.54, 1.807) is 31.5 Å². The van der Waals surface area contributed by atoms with Crippen molar-refractivity contribution >= 4 is 40.1 Å². The van der Waals surface area contributed by atoms with Gasteiger partial charge in [-0.2, -0.15) is 0 Å². The lowest BCUT2D eigenvalue weighted by molar-refractivity contribution is -0.111. The highest BCUT2D eigenvalue weighted by atomic mass is 35.5. The van der Waals surface area contributed by atoms with Gasteiger partial charge in [0.2, 0.25) is 5.91 Å². The number of carbonyl (C=O) groups is 1. The molecule has 6 heteroatoms. The Kier molecular flexibility index (Phi) is 6.04. The second kappa shape index (κ2) is 8.65. The molecule has 0 aliphatic carbocycles. The Morgan fingerprint density at radius 2 is 2.08 bits per heavy atom. The summed E-state index contributed by atoms with van der Waals surface area (Å²) in [5.41, 5.74) is 2.03. The summed E-state index contributed by atoms with van der Waals surface area (Å²) < 4.78 is 5.16. The van der Waals surface area contributed by atoms with E-state index in [0.717, 1.165) is 28.2 Å². The molecule has 0 saturated heterocycles. The zero-order valence-corrected chi connectivity index (χ0v) is 15.7. The highest BCUT2D eigenvalue weighted by Gasteiger charge is 2.06. The van der Waals surface area contributed by atoms with Gasteiger partial charge in [-0.05, 0) is 41.5 Å². The number of carbonyl (C=O) groups excluding carboxylic acids is 1. The van der Waals surface area contributed by atoms with E-state index in [9.17, 15) is 4.79 Å². The van der Waals surface area contributed by atoms with Crippen LogP contribution in [-0.4, -0.2) is 18.0 Å². The summed E-state index contributed by atoms with van der Waals surface area (Å²) in [4.78, 5) is 17.4. The van der Waals surface area contributed by atoms with Crippen LogP contribution in [0.3, 0.4) is 0 Å². The molecular formula is C20H17ClN2O2S. The van der Waals surface area contributed by atoms with Crippen molar-refractivity contribution in [2.24, 2.45) is 0 Å². The summed E-state index contributed by atoms with van der Waals surface area (Å²) in [6, 6.07) is 15.2. The lowest BCUT2D eigenvalue weighted by atomic mass is 10.1. The number of ether oxygens (including phenoxy) is 1. The van der Waals surface area contributed by atoms with Crippen LogP contribution in [0, 0.1) is 0 Å². The Balaban J connectivity index is 1.58. The number of anilines is 1. The van der Waals surface area contributed by atoms with Crippen molar-refractivity contribution < 1.29 is 9.53 Å². The van der Waals surface area contributed by atoms with E-state index < -0.39 is 0 Å². The number of rotatable bonds is 6. The molecule has 1 N–H and O–H groups in total. The molecule has 0 radical (unpaired) electrons. The van der Waals surface area contributed by atoms with Gasteiger partial charge in [0, 0.05) is 28.6 Å². The maximum absolute atomic E-state index is 12.0. The number of amides is 1. The lowest BCUT2D eigenvalue weighted by Gasteiger charge is -2.01. The smallest absolute Gasteiger partial charge is 0.250 e. The summed E-state index contributed by atoms with van der Waals surface area (Å²) in [7, 11) is 1.65. The third-order valence-corrected chi connectivity index (χ3v) is 4.74. The SMILES string of the molecule is COc1ccc(Cc2cnc(NC(=O)/C=C/c3cccc(Cl)c3)s2)cc1. The van der Waals surface area contributed by atoms with Crippen LogP contribution in [0.4, 0.5) is 5.13 Å². The van der Waals surface area contributed by atoms with Gasteiger partial charge >= 0.3 is 0 Å². The molecule has 1 amide bonds. The number of hydrogen-bond acceptors (Lipinski definition) is 4. The van der Waals surface area contributed by atoms with Crippen LogP contribution in [0.2, 0.25) is 5.02 Å². The largest absolute Gasteiger partial charge is 0.497 e. The molecule has 2 aromatic carbocycles. The van der Waals surface area contributed by atoms with E-state index in [1.807, 2.05) is 36.4 Å². The summed E-state index contributed by atoms with van der Waals surface area (Å²) in [5.74, 6) is 0.604. The fourth-order valence-corrected chi connectivity index (χ4v) is 3.37. The van der Waals surface area contributed by atoms with Crippen LogP contribution in [-0.2, 0) is 11.2 Å². The van der Waals surface area contributed by atoms with Crippen LogP contribution in [0.25, 0.3) is 6.08 Å². The van der Waals surface area contributed by atoms with Gasteiger partial charge in [0.15, 0.2) is 5.13 Å². The molecule has 0 atom stereocenters. The monoisotopic (exact) mass is 384 g/mol. The predicted octanol–water partition coefficient (Wildman–Crippen LogP) is 5.05. The van der Waals surface area contributed by atoms with Gasteiger partial charge in [0.1, 0.15) is 5.75 Å². The van der Waals surface area contributed by atoms with E-state index in [0.29, 0.717) is 10.2 Å². The van der Waals surface area contributed by atoms with Gasteiger partial charge in [-0.1, -0.05) is 35.9 Å². The third kappa shape index (κ3) is 5.18. The van der Waals surface area contributed by atoms with Crippen molar-refractivity contribution in [3.63, 3.8) is 0 Å². The van der Waals surface area contributed by atoms with Crippen molar-refractivity contribution in [2.75, 3.05) is 12.4 Å². The Labute approximate surface area is 161 Å². The second-order valence-corrected chi connectivity index (χ2v) is 7.09. The fourth-order valence-electron chi connectivity index (χ4n) is 2.32. The van der Waals surface area contributed by atoms with E-state index >= 15 is 0 Å². The summed E-state index contributed by atoms with van der Waals surface area (Å²) in [6.07, 6.45) is 5.73. The Bertz CT molecular complexity index is 920. The van der Waals surface area contributed by atoms with Crippen molar-refractivity contribution in [1.29, 1.82) is 0 Å². The Hall–Kier alpha value is -2.63. The number of hydrogen-bond donors (Lipinski definition) is 1. The van der Waals surface area contributed by atoms with Gasteiger partial charge in [-0.15, -0.1) is 11.3 Å². The van der Waals surface area contributed by atoms with Gasteiger partial charge in [0.05, 0.1) is 7.11 Å². The van der Waals surface area contributed by atoms with E-state index in [1.165, 1.54) is 17.4 Å². The standard InChI is InChI=1S/C20H17ClN2O2S/c1-25-17-8-5-15(6-9-17)12-18-13-22-20(26-18)23-19(24)10-7-14-3-2-4-16(21)11-14/h2-11,13H,12H2,1H3,(H,22,23,24)/b10-7+. The first kappa shape index (κ1) is 18.2. The molecule has 1 aromatic heterocycles. The van der Waals surface area contributed by atoms with Crippen LogP contribution < -0.4 is 10.1 Å². The lowest BCUT2D eigenvalue weighted by Crippen LogP contribution is -2.07. The quantitative estimate of drug-likeness (QED) is 0.605. The number of nitrogens with zero attached hydrogens (tertiary/aromatic N) is 1. The Morgan fingerprint density at radius 3 is 2.81 bits per heavy atom. The molecule has 3 rings (SSSR count). The minimum atomic E-state index is -0.227. The van der Waals surface area contributed by atoms with Crippen molar-refractivity contribution in [2.45, 2.75) is 6.42 Å². The molecule has 0 aliphatic heterocycles. The maximum Gasteiger partial charge on any atom is 0.250 e. The van der Waals surface area contributed by atoms with Gasteiger partial charge < -0.3 is 4.74 Å². The van der Waals surface area contributed by atoms with Crippen molar-refractivity contribution in [3.8, 4) is 5.75 Å². The normalized spacial score (nSPS) is 10.8. The molecular weight excluding hydrogens is 368 g/mol. The molecule has 132 valence electrons. The van der Waals surface area contributed by atoms with Crippen LogP contribution in [0.1, 0.15) is 16.0 Å². The van der Waals surface area contributed by atoms with Crippen molar-refractivity contribution in [1.82, 2.24) is 4.98 Å². The molecule has 0 fully saturated rings. The average Bonchev–Trinajstić information content (AvgIpc) is 3.07. The van der Waals surface area contributed by atoms with E-state index in [-0.39, 0.29) is 5.91 Å². The number of aromatic nitrogens is 1. The van der Waals surface area contributed by atoms with E-state index in [4.69, 9.17) is 16.3 Å². The number of nitrogens with one attached hydrogen (secondary N) is 1. The number of benzene rings is 2. The first-order chi connectivity index (χ1) is 12.6. The van der Waals surface area contributed by atoms with Gasteiger partial charge in [-0.3, -0.25) is 10.1 Å². The topological polar surface area (TPSA) is 51.2 Å². The zero-order chi connectivity index (χ0) is 18.4. The molecule has 0 saturated carbocycles. The predicted molar refractivity (Wildman–Crippen MR) is 107 cm³/mol. The highest BCUT2D eigenvalue weighted by molar-refractivity contribution is 7.15. The fraction of sp³-hybridized carbons (Fsp3) is 0.100. The molecule has 3 aromatic rings. The Morgan fingerprint density at radius 1 is 1.27 bits per heavy atom. The van der Waals surface area contributed by atoms with Crippen LogP contribution in [0.15, 0.2) is 60.8 Å². The summed E-state index contributed by atoms with van der Waals surface area (Å²) in [6.45, 7) is 0. The zero-order valence-electron chi connectivity index (χ0n) is 14.1. The molecule has 0 unspecified atom stereocenters. The first-order valence-electron chi connectivity index (χ1n) is 7.94. The number of halogens is 1. The molecule has 0 bridgehead atoms. The summed E-state index contributed by atoms with van der Waals surface area (Å²) in [5, 5.41) is 3.99. The first-order valence-corrected chi connectivity index (χ1v) is 9.14. The van der Waals surface area contributed by atoms with Gasteiger partial charge in [0.25, 0.3) is 0 Å². The van der Waals surface area contributed by atoms with Gasteiger partial charge in [-0.25, -0.2) is 4.98 Å². The van der Waals surface area contributed by atoms with E-state index in [2.05, 4.69) is 10.3 Å². The second-order valence-electron chi connectivity index (χ2n) is 5.53. The number of thiazole rings is 1. The molecule has 1 heterocycles. The minimum absolute atomic E-state index is 0.227. The minimum Gasteiger partial charge on any atom is -0.497 e. The van der Waals surface area contributed by atoms with Crippen LogP contribution >= 0.6 is 22.9 Å². The molecule has 4 nitrogen and oxygen atoms in total. The molecule has 26 heavy (non-hydrogen) atoms. The maximum atomic E-state index is 12.0. The highest BCUT2D eigenvalue weighted by Crippen LogP contribution is 2.22. The number of methoxy groups -OCH3 is 1. The third-order valence-electron chi connectivity index (χ3n) is 3.60. The molecule has 0 aliphatic rings. The van der Waals surface area contributed by atoms with Crippen LogP contribution in [0.5, 0.6) is 5.75 Å². The average molecular weight is 385 g/mol. The summed E-state index contributed by atoms with van der Waals surface area (Å²) >= 11 is 7.39. The molecule has 0 spiro atoms. The van der Waals surface area contributed by atoms with Crippen molar-refractivity contribution in [3.05, 3.63) is 81.8 Å².